The third-order valence-electron chi connectivity index (χ3n) is 2.76. The Balaban J connectivity index is 2.15. The second kappa shape index (κ2) is 6.12. The van der Waals surface area contributed by atoms with E-state index in [1.807, 2.05) is 26.1 Å². The molecule has 0 aliphatic rings. The van der Waals surface area contributed by atoms with Crippen molar-refractivity contribution < 1.29 is 9.13 Å². The molecule has 1 aromatic heterocycles. The quantitative estimate of drug-likeness (QED) is 0.921. The summed E-state index contributed by atoms with van der Waals surface area (Å²) in [4.78, 5) is 4.32. The lowest BCUT2D eigenvalue weighted by Gasteiger charge is -2.11. The maximum atomic E-state index is 13.0. The largest absolute Gasteiger partial charge is 0.455 e. The number of hydrogen-bond donors (Lipinski definition) is 1. The first-order chi connectivity index (χ1) is 9.10. The number of benzene rings is 1. The van der Waals surface area contributed by atoms with Crippen LogP contribution in [0.15, 0.2) is 41.0 Å². The average molecular weight is 325 g/mol. The Hall–Kier alpha value is -1.46. The summed E-state index contributed by atoms with van der Waals surface area (Å²) in [6, 6.07) is 8.21. The number of rotatable bonds is 4. The molecule has 2 aromatic rings. The molecule has 0 aliphatic carbocycles. The van der Waals surface area contributed by atoms with Crippen LogP contribution in [0.25, 0.3) is 0 Å². The summed E-state index contributed by atoms with van der Waals surface area (Å²) in [6.07, 6.45) is 1.65. The van der Waals surface area contributed by atoms with Crippen LogP contribution in [0.4, 0.5) is 4.39 Å². The maximum Gasteiger partial charge on any atom is 0.145 e. The summed E-state index contributed by atoms with van der Waals surface area (Å²) in [7, 11) is 1.88. The Kier molecular flexibility index (Phi) is 4.50. The first kappa shape index (κ1) is 14.0. The molecule has 3 nitrogen and oxygen atoms in total. The van der Waals surface area contributed by atoms with Crippen molar-refractivity contribution >= 4 is 15.9 Å². The first-order valence-corrected chi connectivity index (χ1v) is 6.65. The van der Waals surface area contributed by atoms with Crippen molar-refractivity contribution in [2.24, 2.45) is 0 Å². The van der Waals surface area contributed by atoms with E-state index in [0.29, 0.717) is 16.0 Å². The zero-order valence-corrected chi connectivity index (χ0v) is 12.2. The monoisotopic (exact) mass is 324 g/mol. The summed E-state index contributed by atoms with van der Waals surface area (Å²) in [6.45, 7) is 2.03. The minimum absolute atomic E-state index is 0.187. The van der Waals surface area contributed by atoms with Gasteiger partial charge >= 0.3 is 0 Å². The first-order valence-electron chi connectivity index (χ1n) is 5.86. The lowest BCUT2D eigenvalue weighted by molar-refractivity contribution is 0.473. The van der Waals surface area contributed by atoms with Crippen molar-refractivity contribution in [2.75, 3.05) is 7.05 Å². The van der Waals surface area contributed by atoms with Crippen molar-refractivity contribution in [3.05, 3.63) is 52.5 Å². The molecule has 1 heterocycles. The molecule has 0 saturated carbocycles. The summed E-state index contributed by atoms with van der Waals surface area (Å²) in [5.41, 5.74) is 0.938. The predicted molar refractivity (Wildman–Crippen MR) is 75.9 cm³/mol. The van der Waals surface area contributed by atoms with Gasteiger partial charge < -0.3 is 10.1 Å². The molecule has 1 N–H and O–H groups in total. The van der Waals surface area contributed by atoms with Gasteiger partial charge in [-0.25, -0.2) is 4.39 Å². The molecule has 100 valence electrons. The van der Waals surface area contributed by atoms with Gasteiger partial charge in [0.15, 0.2) is 0 Å². The van der Waals surface area contributed by atoms with Crippen molar-refractivity contribution in [1.82, 2.24) is 10.3 Å². The van der Waals surface area contributed by atoms with Gasteiger partial charge in [0.05, 0.1) is 16.4 Å². The molecule has 1 aromatic carbocycles. The van der Waals surface area contributed by atoms with Crippen LogP contribution in [0.5, 0.6) is 11.5 Å². The number of ether oxygens (including phenoxy) is 1. The summed E-state index contributed by atoms with van der Waals surface area (Å²) in [5, 5.41) is 3.11. The Labute approximate surface area is 119 Å². The SMILES string of the molecule is CNC(C)c1ccc(Oc2ccc(F)cc2Br)cn1. The van der Waals surface area contributed by atoms with E-state index in [-0.39, 0.29) is 11.9 Å². The highest BCUT2D eigenvalue weighted by Gasteiger charge is 2.07. The molecule has 0 amide bonds. The number of aromatic nitrogens is 1. The van der Waals surface area contributed by atoms with Gasteiger partial charge in [0.25, 0.3) is 0 Å². The Bertz CT molecular complexity index is 560. The highest BCUT2D eigenvalue weighted by atomic mass is 79.9. The maximum absolute atomic E-state index is 13.0. The molecule has 0 spiro atoms. The highest BCUT2D eigenvalue weighted by Crippen LogP contribution is 2.30. The molecule has 1 unspecified atom stereocenters. The zero-order chi connectivity index (χ0) is 13.8. The molecule has 0 saturated heterocycles. The van der Waals surface area contributed by atoms with Gasteiger partial charge in [-0.3, -0.25) is 4.98 Å². The van der Waals surface area contributed by atoms with Gasteiger partial charge in [-0.1, -0.05) is 0 Å². The van der Waals surface area contributed by atoms with Gasteiger partial charge in [0.1, 0.15) is 17.3 Å². The van der Waals surface area contributed by atoms with Gasteiger partial charge in [-0.2, -0.15) is 0 Å². The van der Waals surface area contributed by atoms with Gasteiger partial charge in [-0.05, 0) is 60.2 Å². The third-order valence-corrected chi connectivity index (χ3v) is 3.38. The van der Waals surface area contributed by atoms with Crippen LogP contribution in [0.2, 0.25) is 0 Å². The Morgan fingerprint density at radius 1 is 1.32 bits per heavy atom. The summed E-state index contributed by atoms with van der Waals surface area (Å²) in [5.74, 6) is 0.854. The average Bonchev–Trinajstić information content (AvgIpc) is 2.42. The molecule has 2 rings (SSSR count). The fourth-order valence-corrected chi connectivity index (χ4v) is 1.97. The van der Waals surface area contributed by atoms with Gasteiger partial charge in [-0.15, -0.1) is 0 Å². The van der Waals surface area contributed by atoms with Crippen molar-refractivity contribution in [1.29, 1.82) is 0 Å². The molecule has 5 heteroatoms. The number of nitrogens with zero attached hydrogens (tertiary/aromatic N) is 1. The topological polar surface area (TPSA) is 34.1 Å². The van der Waals surface area contributed by atoms with Gasteiger partial charge in [0, 0.05) is 6.04 Å². The lowest BCUT2D eigenvalue weighted by atomic mass is 10.2. The van der Waals surface area contributed by atoms with E-state index in [0.717, 1.165) is 5.69 Å². The molecule has 0 aliphatic heterocycles. The Morgan fingerprint density at radius 3 is 2.68 bits per heavy atom. The normalized spacial score (nSPS) is 12.2. The molecule has 0 bridgehead atoms. The summed E-state index contributed by atoms with van der Waals surface area (Å²) >= 11 is 3.26. The van der Waals surface area contributed by atoms with Crippen LogP contribution in [0.3, 0.4) is 0 Å². The van der Waals surface area contributed by atoms with Crippen LogP contribution >= 0.6 is 15.9 Å². The minimum atomic E-state index is -0.310. The van der Waals surface area contributed by atoms with E-state index < -0.39 is 0 Å². The summed E-state index contributed by atoms with van der Waals surface area (Å²) < 4.78 is 19.2. The lowest BCUT2D eigenvalue weighted by Crippen LogP contribution is -2.13. The number of halogens is 2. The van der Waals surface area contributed by atoms with Crippen LogP contribution in [0, 0.1) is 5.82 Å². The molecular weight excluding hydrogens is 311 g/mol. The van der Waals surface area contributed by atoms with E-state index in [9.17, 15) is 4.39 Å². The third kappa shape index (κ3) is 3.52. The Morgan fingerprint density at radius 2 is 2.11 bits per heavy atom. The second-order valence-corrected chi connectivity index (χ2v) is 4.96. The smallest absolute Gasteiger partial charge is 0.145 e. The standard InChI is InChI=1S/C14H14BrFN2O/c1-9(17-2)13-5-4-11(8-18-13)19-14-6-3-10(16)7-12(14)15/h3-9,17H,1-2H3. The van der Waals surface area contributed by atoms with E-state index in [4.69, 9.17) is 4.74 Å². The second-order valence-electron chi connectivity index (χ2n) is 4.11. The van der Waals surface area contributed by atoms with E-state index in [1.165, 1.54) is 12.1 Å². The number of pyridine rings is 1. The van der Waals surface area contributed by atoms with Crippen LogP contribution < -0.4 is 10.1 Å². The van der Waals surface area contributed by atoms with Crippen LogP contribution in [-0.2, 0) is 0 Å². The van der Waals surface area contributed by atoms with Gasteiger partial charge in [0.2, 0.25) is 0 Å². The van der Waals surface area contributed by atoms with E-state index >= 15 is 0 Å². The van der Waals surface area contributed by atoms with E-state index in [2.05, 4.69) is 26.2 Å². The van der Waals surface area contributed by atoms with Crippen LogP contribution in [-0.4, -0.2) is 12.0 Å². The molecule has 19 heavy (non-hydrogen) atoms. The van der Waals surface area contributed by atoms with E-state index in [1.54, 1.807) is 12.3 Å². The van der Waals surface area contributed by atoms with Crippen molar-refractivity contribution in [3.8, 4) is 11.5 Å². The highest BCUT2D eigenvalue weighted by molar-refractivity contribution is 9.10. The zero-order valence-electron chi connectivity index (χ0n) is 10.7. The number of nitrogens with one attached hydrogen (secondary N) is 1. The molecule has 0 fully saturated rings. The minimum Gasteiger partial charge on any atom is -0.455 e. The molecular formula is C14H14BrFN2O. The predicted octanol–water partition coefficient (Wildman–Crippen LogP) is 4.06. The fourth-order valence-electron chi connectivity index (χ4n) is 1.54. The van der Waals surface area contributed by atoms with Crippen molar-refractivity contribution in [3.63, 3.8) is 0 Å². The molecule has 0 radical (unpaired) electrons. The van der Waals surface area contributed by atoms with Crippen molar-refractivity contribution in [2.45, 2.75) is 13.0 Å². The fraction of sp³-hybridized carbons (Fsp3) is 0.214. The number of hydrogen-bond acceptors (Lipinski definition) is 3. The van der Waals surface area contributed by atoms with Crippen LogP contribution in [0.1, 0.15) is 18.7 Å². The molecule has 1 atom stereocenters.